The third-order valence-electron chi connectivity index (χ3n) is 6.34. The van der Waals surface area contributed by atoms with Crippen molar-refractivity contribution in [3.05, 3.63) is 59.0 Å². The number of aliphatic hydroxyl groups is 1. The second-order valence-electron chi connectivity index (χ2n) is 7.85. The van der Waals surface area contributed by atoms with Crippen LogP contribution in [0.15, 0.2) is 47.3 Å². The fraction of sp³-hybridized carbons (Fsp3) is 0.476. The molecule has 1 N–H and O–H groups in total. The summed E-state index contributed by atoms with van der Waals surface area (Å²) in [6.45, 7) is 4.00. The van der Waals surface area contributed by atoms with Crippen LogP contribution in [0.2, 0.25) is 5.02 Å². The molecule has 0 unspecified atom stereocenters. The van der Waals surface area contributed by atoms with Gasteiger partial charge in [0.1, 0.15) is 5.60 Å². The average molecular weight is 391 g/mol. The molecule has 6 heteroatoms. The minimum absolute atomic E-state index is 0.0730. The lowest BCUT2D eigenvalue weighted by Crippen LogP contribution is -2.58. The van der Waals surface area contributed by atoms with Crippen molar-refractivity contribution in [2.45, 2.75) is 51.1 Å². The number of rotatable bonds is 3. The van der Waals surface area contributed by atoms with E-state index in [9.17, 15) is 9.90 Å². The summed E-state index contributed by atoms with van der Waals surface area (Å²) < 4.78 is 17.1. The first kappa shape index (κ1) is 18.5. The quantitative estimate of drug-likeness (QED) is 0.766. The maximum absolute atomic E-state index is 12.7. The smallest absolute Gasteiger partial charge is 0.340 e. The zero-order valence-corrected chi connectivity index (χ0v) is 16.1. The Hall–Kier alpha value is -1.82. The molecule has 1 aliphatic carbocycles. The van der Waals surface area contributed by atoms with Gasteiger partial charge in [-0.05, 0) is 49.1 Å². The average Bonchev–Trinajstić information content (AvgIpc) is 3.24. The molecule has 5 atom stereocenters. The van der Waals surface area contributed by atoms with Crippen LogP contribution in [0.5, 0.6) is 0 Å². The Bertz CT molecular complexity index is 818. The van der Waals surface area contributed by atoms with Crippen molar-refractivity contribution >= 4 is 17.6 Å². The molecule has 1 saturated carbocycles. The van der Waals surface area contributed by atoms with Gasteiger partial charge >= 0.3 is 5.97 Å². The molecule has 1 aromatic heterocycles. The van der Waals surface area contributed by atoms with Gasteiger partial charge in [0.2, 0.25) is 6.29 Å². The topological polar surface area (TPSA) is 68.9 Å². The first-order chi connectivity index (χ1) is 12.9. The number of carbonyl (C=O) groups excluding carboxylic acids is 1. The lowest BCUT2D eigenvalue weighted by molar-refractivity contribution is -0.209. The number of halogens is 1. The predicted octanol–water partition coefficient (Wildman–Crippen LogP) is 4.74. The third-order valence-corrected chi connectivity index (χ3v) is 6.59. The second kappa shape index (κ2) is 6.66. The molecule has 1 aliphatic heterocycles. The van der Waals surface area contributed by atoms with Crippen molar-refractivity contribution < 1.29 is 23.8 Å². The van der Waals surface area contributed by atoms with Gasteiger partial charge in [-0.3, -0.25) is 0 Å². The molecular weight excluding hydrogens is 368 g/mol. The van der Waals surface area contributed by atoms with Crippen molar-refractivity contribution in [1.82, 2.24) is 0 Å². The highest BCUT2D eigenvalue weighted by molar-refractivity contribution is 6.30. The van der Waals surface area contributed by atoms with Gasteiger partial charge in [-0.25, -0.2) is 4.79 Å². The number of hydrogen-bond donors (Lipinski definition) is 1. The molecule has 4 rings (SSSR count). The summed E-state index contributed by atoms with van der Waals surface area (Å²) in [5.41, 5.74) is -0.659. The summed E-state index contributed by atoms with van der Waals surface area (Å²) >= 11 is 5.89. The molecule has 2 aromatic rings. The van der Waals surface area contributed by atoms with Crippen molar-refractivity contribution in [3.63, 3.8) is 0 Å². The normalized spacial score (nSPS) is 35.6. The maximum Gasteiger partial charge on any atom is 0.340 e. The van der Waals surface area contributed by atoms with Crippen molar-refractivity contribution in [2.75, 3.05) is 0 Å². The second-order valence-corrected chi connectivity index (χ2v) is 8.29. The van der Waals surface area contributed by atoms with Gasteiger partial charge in [-0.15, -0.1) is 0 Å². The van der Waals surface area contributed by atoms with E-state index in [0.717, 1.165) is 24.8 Å². The lowest BCUT2D eigenvalue weighted by atomic mass is 9.58. The van der Waals surface area contributed by atoms with Crippen molar-refractivity contribution in [1.29, 1.82) is 0 Å². The monoisotopic (exact) mass is 390 g/mol. The largest absolute Gasteiger partial charge is 0.472 e. The SMILES string of the molecule is C[C@H]1CCC[C@@]2(C)[C@H](c3ccoc3)O[C@@H](OC(=O)c3ccc(Cl)cc3)[C@]12O. The molecule has 2 aliphatic rings. The van der Waals surface area contributed by atoms with Crippen LogP contribution in [-0.2, 0) is 9.47 Å². The van der Waals surface area contributed by atoms with Gasteiger partial charge in [0.05, 0.1) is 24.2 Å². The van der Waals surface area contributed by atoms with E-state index in [1.165, 1.54) is 0 Å². The zero-order chi connectivity index (χ0) is 19.2. The summed E-state index contributed by atoms with van der Waals surface area (Å²) in [5.74, 6) is -0.616. The number of fused-ring (bicyclic) bond motifs is 1. The highest BCUT2D eigenvalue weighted by Crippen LogP contribution is 2.62. The van der Waals surface area contributed by atoms with Gasteiger partial charge in [0.15, 0.2) is 0 Å². The van der Waals surface area contributed by atoms with E-state index in [-0.39, 0.29) is 5.92 Å². The van der Waals surface area contributed by atoms with Crippen LogP contribution >= 0.6 is 11.6 Å². The van der Waals surface area contributed by atoms with Gasteiger partial charge in [0, 0.05) is 16.0 Å². The van der Waals surface area contributed by atoms with E-state index in [4.69, 9.17) is 25.5 Å². The number of furan rings is 1. The Balaban J connectivity index is 1.67. The molecule has 0 amide bonds. The molecule has 1 saturated heterocycles. The predicted molar refractivity (Wildman–Crippen MR) is 99.3 cm³/mol. The van der Waals surface area contributed by atoms with Crippen LogP contribution in [0, 0.1) is 11.3 Å². The molecule has 2 fully saturated rings. The van der Waals surface area contributed by atoms with Crippen LogP contribution in [-0.4, -0.2) is 23.0 Å². The summed E-state index contributed by atoms with van der Waals surface area (Å²) in [4.78, 5) is 12.7. The molecule has 0 bridgehead atoms. The van der Waals surface area contributed by atoms with E-state index in [1.54, 1.807) is 36.8 Å². The summed E-state index contributed by atoms with van der Waals surface area (Å²) in [6, 6.07) is 8.29. The van der Waals surface area contributed by atoms with E-state index in [2.05, 4.69) is 0 Å². The number of carbonyl (C=O) groups is 1. The Kier molecular flexibility index (Phi) is 4.57. The minimum Gasteiger partial charge on any atom is -0.472 e. The highest BCUT2D eigenvalue weighted by atomic mass is 35.5. The summed E-state index contributed by atoms with van der Waals surface area (Å²) in [6.07, 6.45) is 4.35. The van der Waals surface area contributed by atoms with Crippen molar-refractivity contribution in [2.24, 2.45) is 11.3 Å². The number of hydrogen-bond acceptors (Lipinski definition) is 5. The Labute approximate surface area is 163 Å². The fourth-order valence-electron chi connectivity index (χ4n) is 4.72. The Morgan fingerprint density at radius 1 is 1.30 bits per heavy atom. The van der Waals surface area contributed by atoms with Crippen LogP contribution < -0.4 is 0 Å². The molecule has 0 radical (unpaired) electrons. The third kappa shape index (κ3) is 2.80. The number of esters is 1. The van der Waals surface area contributed by atoms with Crippen LogP contribution in [0.4, 0.5) is 0 Å². The first-order valence-electron chi connectivity index (χ1n) is 9.23. The van der Waals surface area contributed by atoms with Crippen molar-refractivity contribution in [3.8, 4) is 0 Å². The van der Waals surface area contributed by atoms with E-state index in [0.29, 0.717) is 10.6 Å². The van der Waals surface area contributed by atoms with E-state index >= 15 is 0 Å². The molecular formula is C21H23ClO5. The number of ether oxygens (including phenoxy) is 2. The maximum atomic E-state index is 12.7. The Morgan fingerprint density at radius 2 is 2.04 bits per heavy atom. The zero-order valence-electron chi connectivity index (χ0n) is 15.4. The van der Waals surface area contributed by atoms with Gasteiger partial charge in [-0.2, -0.15) is 0 Å². The summed E-state index contributed by atoms with van der Waals surface area (Å²) in [7, 11) is 0. The van der Waals surface area contributed by atoms with E-state index < -0.39 is 29.4 Å². The Morgan fingerprint density at radius 3 is 2.70 bits per heavy atom. The van der Waals surface area contributed by atoms with Crippen LogP contribution in [0.25, 0.3) is 0 Å². The molecule has 1 aromatic carbocycles. The molecule has 5 nitrogen and oxygen atoms in total. The fourth-order valence-corrected chi connectivity index (χ4v) is 4.84. The van der Waals surface area contributed by atoms with Gasteiger partial charge in [0.25, 0.3) is 0 Å². The van der Waals surface area contributed by atoms with Crippen LogP contribution in [0.1, 0.15) is 55.1 Å². The molecule has 144 valence electrons. The molecule has 0 spiro atoms. The summed E-state index contributed by atoms with van der Waals surface area (Å²) in [5, 5.41) is 12.3. The van der Waals surface area contributed by atoms with Gasteiger partial charge in [-0.1, -0.05) is 31.9 Å². The number of benzene rings is 1. The first-order valence-corrected chi connectivity index (χ1v) is 9.60. The van der Waals surface area contributed by atoms with Gasteiger partial charge < -0.3 is 19.0 Å². The lowest BCUT2D eigenvalue weighted by Gasteiger charge is -2.49. The molecule has 27 heavy (non-hydrogen) atoms. The highest BCUT2D eigenvalue weighted by Gasteiger charge is 2.68. The standard InChI is InChI=1S/C21H23ClO5/c1-13-4-3-10-20(2)17(15-9-11-25-12-15)26-19(21(13,20)24)27-18(23)14-5-7-16(22)8-6-14/h5-9,11-13,17,19,24H,3-4,10H2,1-2H3/t13-,17-,19-,20-,21+/m0/s1. The van der Waals surface area contributed by atoms with Crippen LogP contribution in [0.3, 0.4) is 0 Å². The molecule has 2 heterocycles. The minimum atomic E-state index is -1.28. The van der Waals surface area contributed by atoms with E-state index in [1.807, 2.05) is 19.9 Å².